The van der Waals surface area contributed by atoms with Gasteiger partial charge in [-0.3, -0.25) is 0 Å². The van der Waals surface area contributed by atoms with Crippen molar-refractivity contribution in [1.82, 2.24) is 19.9 Å². The highest BCUT2D eigenvalue weighted by Gasteiger charge is 2.00. The van der Waals surface area contributed by atoms with E-state index in [4.69, 9.17) is 0 Å². The Morgan fingerprint density at radius 1 is 1.05 bits per heavy atom. The Bertz CT molecular complexity index is 705. The molecule has 0 unspecified atom stereocenters. The molecule has 3 rings (SSSR count). The topological polar surface area (TPSA) is 78.5 Å². The van der Waals surface area contributed by atoms with E-state index in [9.17, 15) is 0 Å². The predicted octanol–water partition coefficient (Wildman–Crippen LogP) is 2.40. The van der Waals surface area contributed by atoms with Crippen LogP contribution < -0.4 is 10.6 Å². The SMILES string of the molecule is CCNc1cc(NCc2ccc3nc[nH]c3c2)ncn1. The highest BCUT2D eigenvalue weighted by Crippen LogP contribution is 2.14. The molecule has 20 heavy (non-hydrogen) atoms. The average Bonchev–Trinajstić information content (AvgIpc) is 2.93. The Kier molecular flexibility index (Phi) is 3.45. The molecule has 0 saturated heterocycles. The van der Waals surface area contributed by atoms with E-state index in [1.165, 1.54) is 5.56 Å². The van der Waals surface area contributed by atoms with Crippen LogP contribution in [0.2, 0.25) is 0 Å². The first-order valence-electron chi connectivity index (χ1n) is 6.57. The summed E-state index contributed by atoms with van der Waals surface area (Å²) in [6.45, 7) is 3.58. The number of nitrogens with zero attached hydrogens (tertiary/aromatic N) is 3. The molecule has 0 aliphatic heterocycles. The van der Waals surface area contributed by atoms with E-state index in [0.29, 0.717) is 6.54 Å². The summed E-state index contributed by atoms with van der Waals surface area (Å²) in [5.74, 6) is 1.63. The van der Waals surface area contributed by atoms with Crippen LogP contribution in [0, 0.1) is 0 Å². The second-order valence-corrected chi connectivity index (χ2v) is 4.43. The Morgan fingerprint density at radius 2 is 1.90 bits per heavy atom. The third-order valence-corrected chi connectivity index (χ3v) is 2.98. The molecular weight excluding hydrogens is 252 g/mol. The van der Waals surface area contributed by atoms with Gasteiger partial charge in [0.05, 0.1) is 17.4 Å². The van der Waals surface area contributed by atoms with Gasteiger partial charge in [0.2, 0.25) is 0 Å². The van der Waals surface area contributed by atoms with Gasteiger partial charge >= 0.3 is 0 Å². The van der Waals surface area contributed by atoms with Gasteiger partial charge in [0.15, 0.2) is 0 Å². The number of hydrogen-bond acceptors (Lipinski definition) is 5. The van der Waals surface area contributed by atoms with Crippen molar-refractivity contribution in [3.8, 4) is 0 Å². The Morgan fingerprint density at radius 3 is 2.75 bits per heavy atom. The van der Waals surface area contributed by atoms with E-state index in [0.717, 1.165) is 29.2 Å². The number of fused-ring (bicyclic) bond motifs is 1. The summed E-state index contributed by atoms with van der Waals surface area (Å²) < 4.78 is 0. The molecule has 0 atom stereocenters. The average molecular weight is 268 g/mol. The van der Waals surface area contributed by atoms with E-state index in [1.54, 1.807) is 12.7 Å². The fourth-order valence-corrected chi connectivity index (χ4v) is 2.02. The number of aromatic nitrogens is 4. The molecule has 0 bridgehead atoms. The van der Waals surface area contributed by atoms with Crippen LogP contribution in [0.1, 0.15) is 12.5 Å². The second kappa shape index (κ2) is 5.56. The molecule has 0 saturated carbocycles. The zero-order chi connectivity index (χ0) is 13.8. The molecule has 0 aliphatic carbocycles. The Hall–Kier alpha value is -2.63. The minimum absolute atomic E-state index is 0.706. The standard InChI is InChI=1S/C14H16N6/c1-2-15-13-6-14(20-9-19-13)16-7-10-3-4-11-12(5-10)18-8-17-11/h3-6,8-9H,2,7H2,1H3,(H,17,18)(H2,15,16,19,20). The molecule has 6 nitrogen and oxygen atoms in total. The highest BCUT2D eigenvalue weighted by molar-refractivity contribution is 5.75. The zero-order valence-corrected chi connectivity index (χ0v) is 11.2. The monoisotopic (exact) mass is 268 g/mol. The summed E-state index contributed by atoms with van der Waals surface area (Å²) in [5, 5.41) is 6.45. The number of benzene rings is 1. The van der Waals surface area contributed by atoms with Crippen LogP contribution in [0.15, 0.2) is 36.9 Å². The Balaban J connectivity index is 1.70. The van der Waals surface area contributed by atoms with E-state index in [-0.39, 0.29) is 0 Å². The molecule has 3 N–H and O–H groups in total. The summed E-state index contributed by atoms with van der Waals surface area (Å²) in [5.41, 5.74) is 3.19. The van der Waals surface area contributed by atoms with E-state index >= 15 is 0 Å². The molecule has 1 aromatic carbocycles. The number of H-pyrrole nitrogens is 1. The molecule has 102 valence electrons. The fourth-order valence-electron chi connectivity index (χ4n) is 2.02. The lowest BCUT2D eigenvalue weighted by molar-refractivity contribution is 1.07. The largest absolute Gasteiger partial charge is 0.370 e. The Labute approximate surface area is 116 Å². The van der Waals surface area contributed by atoms with Crippen molar-refractivity contribution < 1.29 is 0 Å². The number of nitrogens with one attached hydrogen (secondary N) is 3. The van der Waals surface area contributed by atoms with Gasteiger partial charge in [-0.25, -0.2) is 15.0 Å². The summed E-state index contributed by atoms with van der Waals surface area (Å²) in [6.07, 6.45) is 3.26. The fraction of sp³-hybridized carbons (Fsp3) is 0.214. The summed E-state index contributed by atoms with van der Waals surface area (Å²) in [7, 11) is 0. The maximum absolute atomic E-state index is 4.21. The molecule has 0 fully saturated rings. The van der Waals surface area contributed by atoms with Gasteiger partial charge < -0.3 is 15.6 Å². The first-order chi connectivity index (χ1) is 9.85. The number of anilines is 2. The quantitative estimate of drug-likeness (QED) is 0.662. The minimum atomic E-state index is 0.706. The van der Waals surface area contributed by atoms with Crippen molar-refractivity contribution in [2.75, 3.05) is 17.2 Å². The van der Waals surface area contributed by atoms with Crippen molar-refractivity contribution >= 4 is 22.7 Å². The van der Waals surface area contributed by atoms with Crippen molar-refractivity contribution in [3.63, 3.8) is 0 Å². The first kappa shape index (κ1) is 12.4. The number of hydrogen-bond donors (Lipinski definition) is 3. The molecular formula is C14H16N6. The van der Waals surface area contributed by atoms with Crippen molar-refractivity contribution in [2.24, 2.45) is 0 Å². The van der Waals surface area contributed by atoms with E-state index in [2.05, 4.69) is 42.7 Å². The van der Waals surface area contributed by atoms with Gasteiger partial charge in [-0.1, -0.05) is 6.07 Å². The van der Waals surface area contributed by atoms with Crippen LogP contribution >= 0.6 is 0 Å². The molecule has 2 heterocycles. The first-order valence-corrected chi connectivity index (χ1v) is 6.57. The number of imidazole rings is 1. The number of aromatic amines is 1. The van der Waals surface area contributed by atoms with Crippen LogP contribution in [0.4, 0.5) is 11.6 Å². The lowest BCUT2D eigenvalue weighted by Crippen LogP contribution is -2.04. The van der Waals surface area contributed by atoms with Crippen molar-refractivity contribution in [3.05, 3.63) is 42.5 Å². The maximum atomic E-state index is 4.21. The van der Waals surface area contributed by atoms with Crippen molar-refractivity contribution in [2.45, 2.75) is 13.5 Å². The molecule has 6 heteroatoms. The lowest BCUT2D eigenvalue weighted by Gasteiger charge is -2.07. The predicted molar refractivity (Wildman–Crippen MR) is 79.6 cm³/mol. The van der Waals surface area contributed by atoms with Gasteiger partial charge in [0.1, 0.15) is 18.0 Å². The van der Waals surface area contributed by atoms with Gasteiger partial charge in [-0.05, 0) is 24.6 Å². The third-order valence-electron chi connectivity index (χ3n) is 2.98. The van der Waals surface area contributed by atoms with Crippen LogP contribution in [0.25, 0.3) is 11.0 Å². The molecule has 0 radical (unpaired) electrons. The molecule has 3 aromatic rings. The van der Waals surface area contributed by atoms with Gasteiger partial charge in [0, 0.05) is 19.2 Å². The minimum Gasteiger partial charge on any atom is -0.370 e. The molecule has 0 amide bonds. The van der Waals surface area contributed by atoms with E-state index < -0.39 is 0 Å². The van der Waals surface area contributed by atoms with Crippen LogP contribution in [0.3, 0.4) is 0 Å². The highest BCUT2D eigenvalue weighted by atomic mass is 15.1. The molecule has 0 aliphatic rings. The summed E-state index contributed by atoms with van der Waals surface area (Å²) >= 11 is 0. The number of rotatable bonds is 5. The van der Waals surface area contributed by atoms with Crippen molar-refractivity contribution in [1.29, 1.82) is 0 Å². The summed E-state index contributed by atoms with van der Waals surface area (Å²) in [4.78, 5) is 15.7. The van der Waals surface area contributed by atoms with Gasteiger partial charge in [0.25, 0.3) is 0 Å². The lowest BCUT2D eigenvalue weighted by atomic mass is 10.2. The smallest absolute Gasteiger partial charge is 0.131 e. The van der Waals surface area contributed by atoms with Crippen LogP contribution in [-0.4, -0.2) is 26.5 Å². The maximum Gasteiger partial charge on any atom is 0.131 e. The van der Waals surface area contributed by atoms with E-state index in [1.807, 2.05) is 19.1 Å². The zero-order valence-electron chi connectivity index (χ0n) is 11.2. The third kappa shape index (κ3) is 2.69. The van der Waals surface area contributed by atoms with Gasteiger partial charge in [-0.15, -0.1) is 0 Å². The summed E-state index contributed by atoms with van der Waals surface area (Å²) in [6, 6.07) is 8.05. The normalized spacial score (nSPS) is 10.7. The van der Waals surface area contributed by atoms with Gasteiger partial charge in [-0.2, -0.15) is 0 Å². The van der Waals surface area contributed by atoms with Crippen LogP contribution in [0.5, 0.6) is 0 Å². The molecule has 0 spiro atoms. The second-order valence-electron chi connectivity index (χ2n) is 4.43. The molecule has 2 aromatic heterocycles. The van der Waals surface area contributed by atoms with Crippen LogP contribution in [-0.2, 0) is 6.54 Å².